The van der Waals surface area contributed by atoms with Crippen LogP contribution in [-0.2, 0) is 9.53 Å². The minimum Gasteiger partial charge on any atom is -0.502 e. The summed E-state index contributed by atoms with van der Waals surface area (Å²) in [6.45, 7) is 3.70. The molecule has 0 aliphatic rings. The van der Waals surface area contributed by atoms with E-state index in [1.54, 1.807) is 19.1 Å². The number of ether oxygens (including phenoxy) is 1. The van der Waals surface area contributed by atoms with Crippen molar-refractivity contribution in [1.29, 1.82) is 0 Å². The Labute approximate surface area is 95.4 Å². The molecule has 1 unspecified atom stereocenters. The van der Waals surface area contributed by atoms with Gasteiger partial charge in [0, 0.05) is 0 Å². The number of benzene rings is 1. The summed E-state index contributed by atoms with van der Waals surface area (Å²) in [5.41, 5.74) is 0.765. The van der Waals surface area contributed by atoms with Gasteiger partial charge in [0.05, 0.1) is 6.10 Å². The molecule has 1 N–H and O–H groups in total. The van der Waals surface area contributed by atoms with Crippen LogP contribution in [0.25, 0.3) is 6.08 Å². The van der Waals surface area contributed by atoms with Crippen molar-refractivity contribution in [1.82, 2.24) is 0 Å². The molecule has 0 aromatic heterocycles. The summed E-state index contributed by atoms with van der Waals surface area (Å²) >= 11 is 0. The number of rotatable bonds is 4. The molecule has 0 fully saturated rings. The Hall–Kier alpha value is -1.77. The monoisotopic (exact) mass is 220 g/mol. The minimum atomic E-state index is -0.682. The number of carbonyl (C=O) groups excluding carboxylic acids is 1. The number of carbonyl (C=O) groups is 1. The van der Waals surface area contributed by atoms with Crippen LogP contribution in [-0.4, -0.2) is 17.2 Å². The maximum Gasteiger partial charge on any atom is 0.373 e. The average Bonchev–Trinajstić information content (AvgIpc) is 2.30. The molecule has 0 aliphatic carbocycles. The topological polar surface area (TPSA) is 46.5 Å². The van der Waals surface area contributed by atoms with Gasteiger partial charge < -0.3 is 9.84 Å². The lowest BCUT2D eigenvalue weighted by Gasteiger charge is -2.09. The summed E-state index contributed by atoms with van der Waals surface area (Å²) in [6.07, 6.45) is 1.94. The van der Waals surface area contributed by atoms with Gasteiger partial charge in [-0.2, -0.15) is 0 Å². The van der Waals surface area contributed by atoms with Crippen molar-refractivity contribution in [2.24, 2.45) is 0 Å². The summed E-state index contributed by atoms with van der Waals surface area (Å²) in [6, 6.07) is 9.13. The van der Waals surface area contributed by atoms with Gasteiger partial charge in [-0.1, -0.05) is 37.3 Å². The molecule has 3 heteroatoms. The molecule has 0 saturated carbocycles. The highest BCUT2D eigenvalue weighted by molar-refractivity contribution is 5.91. The van der Waals surface area contributed by atoms with Crippen LogP contribution in [0.5, 0.6) is 0 Å². The molecule has 1 aromatic carbocycles. The minimum absolute atomic E-state index is 0.182. The third kappa shape index (κ3) is 3.77. The van der Waals surface area contributed by atoms with Crippen molar-refractivity contribution < 1.29 is 14.6 Å². The van der Waals surface area contributed by atoms with Gasteiger partial charge in [-0.05, 0) is 25.0 Å². The highest BCUT2D eigenvalue weighted by Crippen LogP contribution is 2.07. The van der Waals surface area contributed by atoms with Crippen LogP contribution in [0.3, 0.4) is 0 Å². The van der Waals surface area contributed by atoms with E-state index >= 15 is 0 Å². The standard InChI is InChI=1S/C13H16O3/c1-3-10(2)16-13(15)12(14)9-11-7-5-4-6-8-11/h4-10,14H,3H2,1-2H3. The van der Waals surface area contributed by atoms with Gasteiger partial charge in [-0.3, -0.25) is 0 Å². The Bertz CT molecular complexity index is 368. The van der Waals surface area contributed by atoms with E-state index in [-0.39, 0.29) is 11.9 Å². The van der Waals surface area contributed by atoms with Crippen LogP contribution in [0.1, 0.15) is 25.8 Å². The molecule has 1 rings (SSSR count). The lowest BCUT2D eigenvalue weighted by Crippen LogP contribution is -2.15. The number of esters is 1. The Kier molecular flexibility index (Phi) is 4.58. The van der Waals surface area contributed by atoms with E-state index in [2.05, 4.69) is 0 Å². The third-order valence-electron chi connectivity index (χ3n) is 2.20. The average molecular weight is 220 g/mol. The summed E-state index contributed by atoms with van der Waals surface area (Å²) in [5, 5.41) is 9.50. The van der Waals surface area contributed by atoms with E-state index in [0.717, 1.165) is 12.0 Å². The smallest absolute Gasteiger partial charge is 0.373 e. The van der Waals surface area contributed by atoms with Gasteiger partial charge in [-0.25, -0.2) is 4.79 Å². The molecule has 0 radical (unpaired) electrons. The second-order valence-corrected chi connectivity index (χ2v) is 3.56. The highest BCUT2D eigenvalue weighted by Gasteiger charge is 2.12. The van der Waals surface area contributed by atoms with Gasteiger partial charge in [0.15, 0.2) is 0 Å². The molecule has 0 spiro atoms. The summed E-state index contributed by atoms with van der Waals surface area (Å²) < 4.78 is 4.98. The summed E-state index contributed by atoms with van der Waals surface area (Å²) in [5.74, 6) is -1.05. The molecule has 16 heavy (non-hydrogen) atoms. The molecule has 1 aromatic rings. The molecule has 0 aliphatic heterocycles. The molecular weight excluding hydrogens is 204 g/mol. The molecular formula is C13H16O3. The van der Waals surface area contributed by atoms with Crippen molar-refractivity contribution in [3.05, 3.63) is 41.7 Å². The zero-order chi connectivity index (χ0) is 12.0. The normalized spacial score (nSPS) is 13.2. The van der Waals surface area contributed by atoms with Crippen molar-refractivity contribution in [3.8, 4) is 0 Å². The van der Waals surface area contributed by atoms with Crippen LogP contribution >= 0.6 is 0 Å². The first-order valence-electron chi connectivity index (χ1n) is 5.30. The quantitative estimate of drug-likeness (QED) is 0.482. The Balaban J connectivity index is 2.67. The lowest BCUT2D eigenvalue weighted by molar-refractivity contribution is -0.146. The number of aliphatic hydroxyl groups is 1. The number of aliphatic hydroxyl groups excluding tert-OH is 1. The number of hydrogen-bond donors (Lipinski definition) is 1. The molecule has 1 atom stereocenters. The molecule has 3 nitrogen and oxygen atoms in total. The van der Waals surface area contributed by atoms with E-state index < -0.39 is 5.97 Å². The molecule has 86 valence electrons. The maximum atomic E-state index is 11.4. The van der Waals surface area contributed by atoms with E-state index in [0.29, 0.717) is 0 Å². The number of hydrogen-bond acceptors (Lipinski definition) is 3. The maximum absolute atomic E-state index is 11.4. The van der Waals surface area contributed by atoms with Crippen LogP contribution in [0, 0.1) is 0 Å². The van der Waals surface area contributed by atoms with Gasteiger partial charge >= 0.3 is 5.97 Å². The van der Waals surface area contributed by atoms with Crippen LogP contribution in [0.2, 0.25) is 0 Å². The molecule has 0 bridgehead atoms. The summed E-state index contributed by atoms with van der Waals surface area (Å²) in [4.78, 5) is 11.4. The van der Waals surface area contributed by atoms with Gasteiger partial charge in [0.2, 0.25) is 5.76 Å². The van der Waals surface area contributed by atoms with Gasteiger partial charge in [-0.15, -0.1) is 0 Å². The highest BCUT2D eigenvalue weighted by atomic mass is 16.6. The van der Waals surface area contributed by atoms with Crippen LogP contribution < -0.4 is 0 Å². The lowest BCUT2D eigenvalue weighted by atomic mass is 10.2. The fourth-order valence-corrected chi connectivity index (χ4v) is 1.09. The fraction of sp³-hybridized carbons (Fsp3) is 0.308. The van der Waals surface area contributed by atoms with Crippen molar-refractivity contribution >= 4 is 12.0 Å². The Morgan fingerprint density at radius 1 is 1.44 bits per heavy atom. The largest absolute Gasteiger partial charge is 0.502 e. The van der Waals surface area contributed by atoms with E-state index in [1.165, 1.54) is 6.08 Å². The second-order valence-electron chi connectivity index (χ2n) is 3.56. The Morgan fingerprint density at radius 2 is 2.06 bits per heavy atom. The SMILES string of the molecule is CCC(C)OC(=O)C(O)=Cc1ccccc1. The van der Waals surface area contributed by atoms with E-state index in [4.69, 9.17) is 4.74 Å². The predicted octanol–water partition coefficient (Wildman–Crippen LogP) is 2.93. The zero-order valence-electron chi connectivity index (χ0n) is 9.51. The first-order chi connectivity index (χ1) is 7.63. The van der Waals surface area contributed by atoms with Crippen molar-refractivity contribution in [2.45, 2.75) is 26.4 Å². The van der Waals surface area contributed by atoms with Gasteiger partial charge in [0.25, 0.3) is 0 Å². The van der Waals surface area contributed by atoms with E-state index in [9.17, 15) is 9.90 Å². The van der Waals surface area contributed by atoms with Crippen molar-refractivity contribution in [2.75, 3.05) is 0 Å². The molecule has 0 heterocycles. The van der Waals surface area contributed by atoms with Crippen LogP contribution in [0.15, 0.2) is 36.1 Å². The van der Waals surface area contributed by atoms with Gasteiger partial charge in [0.1, 0.15) is 0 Å². The first kappa shape index (κ1) is 12.3. The predicted molar refractivity (Wildman–Crippen MR) is 62.9 cm³/mol. The van der Waals surface area contributed by atoms with Crippen LogP contribution in [0.4, 0.5) is 0 Å². The fourth-order valence-electron chi connectivity index (χ4n) is 1.09. The second kappa shape index (κ2) is 5.95. The van der Waals surface area contributed by atoms with E-state index in [1.807, 2.05) is 25.1 Å². The summed E-state index contributed by atoms with van der Waals surface area (Å²) in [7, 11) is 0. The Morgan fingerprint density at radius 3 is 2.62 bits per heavy atom. The molecule has 0 saturated heterocycles. The third-order valence-corrected chi connectivity index (χ3v) is 2.20. The molecule has 0 amide bonds. The first-order valence-corrected chi connectivity index (χ1v) is 5.30. The zero-order valence-corrected chi connectivity index (χ0v) is 9.51. The van der Waals surface area contributed by atoms with Crippen molar-refractivity contribution in [3.63, 3.8) is 0 Å².